The molecule has 0 saturated heterocycles. The van der Waals surface area contributed by atoms with Crippen molar-refractivity contribution in [3.05, 3.63) is 134 Å². The van der Waals surface area contributed by atoms with Gasteiger partial charge in [0.05, 0.1) is 32.6 Å². The van der Waals surface area contributed by atoms with E-state index < -0.39 is 0 Å². The SMILES string of the molecule is c1ccc(-c2ccc(-n3c4ccccc4c4ccc(-c5nc6ccccc6s5)cc43)cc2-c2ccccn2)nc1. The van der Waals surface area contributed by atoms with Crippen LogP contribution in [0.15, 0.2) is 134 Å². The minimum Gasteiger partial charge on any atom is -0.309 e. The Morgan fingerprint density at radius 3 is 2.08 bits per heavy atom. The number of benzene rings is 4. The van der Waals surface area contributed by atoms with Crippen molar-refractivity contribution in [3.63, 3.8) is 0 Å². The van der Waals surface area contributed by atoms with Crippen LogP contribution in [0, 0.1) is 0 Å². The summed E-state index contributed by atoms with van der Waals surface area (Å²) >= 11 is 1.73. The quantitative estimate of drug-likeness (QED) is 0.228. The molecular formula is C35H22N4S. The average molecular weight is 531 g/mol. The predicted octanol–water partition coefficient (Wildman–Crippen LogP) is 9.18. The topological polar surface area (TPSA) is 43.6 Å². The molecule has 0 bridgehead atoms. The molecule has 0 saturated carbocycles. The Morgan fingerprint density at radius 1 is 0.550 bits per heavy atom. The van der Waals surface area contributed by atoms with Gasteiger partial charge in [0.15, 0.2) is 0 Å². The molecule has 8 rings (SSSR count). The molecule has 8 aromatic rings. The van der Waals surface area contributed by atoms with E-state index in [0.717, 1.165) is 55.3 Å². The highest BCUT2D eigenvalue weighted by molar-refractivity contribution is 7.21. The number of thiazole rings is 1. The number of aromatic nitrogens is 4. The summed E-state index contributed by atoms with van der Waals surface area (Å²) < 4.78 is 3.55. The Bertz CT molecular complexity index is 2130. The molecule has 188 valence electrons. The molecule has 0 aliphatic rings. The van der Waals surface area contributed by atoms with Gasteiger partial charge >= 0.3 is 0 Å². The molecule has 4 heterocycles. The van der Waals surface area contributed by atoms with Crippen LogP contribution in [0.5, 0.6) is 0 Å². The Kier molecular flexibility index (Phi) is 5.28. The molecule has 0 spiro atoms. The zero-order valence-corrected chi connectivity index (χ0v) is 22.2. The predicted molar refractivity (Wildman–Crippen MR) is 166 cm³/mol. The van der Waals surface area contributed by atoms with Crippen molar-refractivity contribution < 1.29 is 0 Å². The third-order valence-corrected chi connectivity index (χ3v) is 8.44. The van der Waals surface area contributed by atoms with Crippen LogP contribution in [0.25, 0.3) is 70.8 Å². The van der Waals surface area contributed by atoms with Crippen LogP contribution in [0.2, 0.25) is 0 Å². The van der Waals surface area contributed by atoms with Gasteiger partial charge < -0.3 is 4.57 Å². The number of hydrogen-bond acceptors (Lipinski definition) is 4. The van der Waals surface area contributed by atoms with Crippen molar-refractivity contribution in [2.45, 2.75) is 0 Å². The fourth-order valence-electron chi connectivity index (χ4n) is 5.53. The van der Waals surface area contributed by atoms with Crippen molar-refractivity contribution in [1.82, 2.24) is 19.5 Å². The van der Waals surface area contributed by atoms with Crippen LogP contribution in [0.4, 0.5) is 0 Å². The normalized spacial score (nSPS) is 11.5. The summed E-state index contributed by atoms with van der Waals surface area (Å²) in [6.45, 7) is 0. The summed E-state index contributed by atoms with van der Waals surface area (Å²) in [7, 11) is 0. The maximum Gasteiger partial charge on any atom is 0.124 e. The summed E-state index contributed by atoms with van der Waals surface area (Å²) in [4.78, 5) is 14.3. The van der Waals surface area contributed by atoms with Gasteiger partial charge in [0.25, 0.3) is 0 Å². The Labute approximate surface area is 234 Å². The van der Waals surface area contributed by atoms with E-state index in [-0.39, 0.29) is 0 Å². The first kappa shape index (κ1) is 22.8. The zero-order chi connectivity index (χ0) is 26.5. The number of para-hydroxylation sites is 2. The average Bonchev–Trinajstić information content (AvgIpc) is 3.61. The van der Waals surface area contributed by atoms with E-state index in [1.54, 1.807) is 11.3 Å². The van der Waals surface area contributed by atoms with Gasteiger partial charge in [0.2, 0.25) is 0 Å². The van der Waals surface area contributed by atoms with E-state index in [1.165, 1.54) is 15.5 Å². The molecule has 0 radical (unpaired) electrons. The second-order valence-electron chi connectivity index (χ2n) is 9.73. The lowest BCUT2D eigenvalue weighted by molar-refractivity contribution is 1.18. The van der Waals surface area contributed by atoms with Crippen LogP contribution in [-0.4, -0.2) is 19.5 Å². The number of rotatable bonds is 4. The van der Waals surface area contributed by atoms with E-state index in [9.17, 15) is 0 Å². The first-order valence-electron chi connectivity index (χ1n) is 13.2. The molecule has 4 nitrogen and oxygen atoms in total. The molecular weight excluding hydrogens is 508 g/mol. The highest BCUT2D eigenvalue weighted by Gasteiger charge is 2.17. The van der Waals surface area contributed by atoms with E-state index >= 15 is 0 Å². The molecule has 0 aliphatic heterocycles. The van der Waals surface area contributed by atoms with E-state index in [2.05, 4.69) is 94.5 Å². The molecule has 4 aromatic carbocycles. The van der Waals surface area contributed by atoms with Gasteiger partial charge in [-0.05, 0) is 60.7 Å². The van der Waals surface area contributed by atoms with E-state index in [0.29, 0.717) is 0 Å². The number of pyridine rings is 2. The van der Waals surface area contributed by atoms with Gasteiger partial charge in [-0.15, -0.1) is 11.3 Å². The lowest BCUT2D eigenvalue weighted by Gasteiger charge is -2.14. The molecule has 0 N–H and O–H groups in total. The first-order chi connectivity index (χ1) is 19.8. The Balaban J connectivity index is 1.39. The van der Waals surface area contributed by atoms with Crippen LogP contribution >= 0.6 is 11.3 Å². The van der Waals surface area contributed by atoms with Gasteiger partial charge in [-0.3, -0.25) is 9.97 Å². The fourth-order valence-corrected chi connectivity index (χ4v) is 6.49. The van der Waals surface area contributed by atoms with Crippen molar-refractivity contribution in [3.8, 4) is 38.8 Å². The van der Waals surface area contributed by atoms with E-state index in [4.69, 9.17) is 9.97 Å². The number of fused-ring (bicyclic) bond motifs is 4. The second kappa shape index (κ2) is 9.26. The largest absolute Gasteiger partial charge is 0.309 e. The van der Waals surface area contributed by atoms with Crippen LogP contribution in [0.1, 0.15) is 0 Å². The zero-order valence-electron chi connectivity index (χ0n) is 21.4. The van der Waals surface area contributed by atoms with Crippen molar-refractivity contribution >= 4 is 43.4 Å². The van der Waals surface area contributed by atoms with Gasteiger partial charge in [-0.25, -0.2) is 4.98 Å². The van der Waals surface area contributed by atoms with Gasteiger partial charge in [-0.1, -0.05) is 60.7 Å². The molecule has 4 aromatic heterocycles. The number of nitrogens with zero attached hydrogens (tertiary/aromatic N) is 4. The Hall–Kier alpha value is -5.13. The molecule has 0 unspecified atom stereocenters. The highest BCUT2D eigenvalue weighted by Crippen LogP contribution is 2.39. The van der Waals surface area contributed by atoms with Crippen molar-refractivity contribution in [2.75, 3.05) is 0 Å². The summed E-state index contributed by atoms with van der Waals surface area (Å²) in [5.74, 6) is 0. The highest BCUT2D eigenvalue weighted by atomic mass is 32.1. The first-order valence-corrected chi connectivity index (χ1v) is 14.0. The summed E-state index contributed by atoms with van der Waals surface area (Å²) in [5, 5.41) is 3.47. The molecule has 40 heavy (non-hydrogen) atoms. The van der Waals surface area contributed by atoms with Crippen LogP contribution < -0.4 is 0 Å². The lowest BCUT2D eigenvalue weighted by atomic mass is 9.99. The third kappa shape index (κ3) is 3.71. The maximum absolute atomic E-state index is 4.94. The van der Waals surface area contributed by atoms with Crippen LogP contribution in [0.3, 0.4) is 0 Å². The van der Waals surface area contributed by atoms with Gasteiger partial charge in [0, 0.05) is 45.5 Å². The summed E-state index contributed by atoms with van der Waals surface area (Å²) in [6, 6.07) is 42.3. The monoisotopic (exact) mass is 530 g/mol. The Morgan fingerprint density at radius 2 is 1.27 bits per heavy atom. The summed E-state index contributed by atoms with van der Waals surface area (Å²) in [5.41, 5.74) is 9.49. The van der Waals surface area contributed by atoms with Gasteiger partial charge in [0.1, 0.15) is 5.01 Å². The van der Waals surface area contributed by atoms with Crippen LogP contribution in [-0.2, 0) is 0 Å². The molecule has 0 atom stereocenters. The lowest BCUT2D eigenvalue weighted by Crippen LogP contribution is -1.97. The summed E-state index contributed by atoms with van der Waals surface area (Å²) in [6.07, 6.45) is 3.68. The standard InChI is InChI=1S/C35H22N4S/c1-3-13-32-26(9-1)27-17-15-23(35-38-31-12-2-4-14-34(31)40-35)21-33(27)39(32)24-16-18-25(29-10-5-7-19-36-29)28(22-24)30-11-6-8-20-37-30/h1-22H. The van der Waals surface area contributed by atoms with Crippen molar-refractivity contribution in [1.29, 1.82) is 0 Å². The smallest absolute Gasteiger partial charge is 0.124 e. The molecule has 0 aliphatic carbocycles. The molecule has 5 heteroatoms. The van der Waals surface area contributed by atoms with Gasteiger partial charge in [-0.2, -0.15) is 0 Å². The van der Waals surface area contributed by atoms with Crippen molar-refractivity contribution in [2.24, 2.45) is 0 Å². The third-order valence-electron chi connectivity index (χ3n) is 7.36. The minimum atomic E-state index is 0.918. The number of hydrogen-bond donors (Lipinski definition) is 0. The molecule has 0 fully saturated rings. The maximum atomic E-state index is 4.94. The van der Waals surface area contributed by atoms with E-state index in [1.807, 2.05) is 48.8 Å². The minimum absolute atomic E-state index is 0.918. The fraction of sp³-hybridized carbons (Fsp3) is 0. The molecule has 0 amide bonds. The second-order valence-corrected chi connectivity index (χ2v) is 10.8.